The smallest absolute Gasteiger partial charge is 0.143 e. The number of nitrogens with zero attached hydrogens (tertiary/aromatic N) is 1. The Morgan fingerprint density at radius 1 is 0.903 bits per heavy atom. The Hall–Kier alpha value is -3.30. The second-order valence-corrected chi connectivity index (χ2v) is 8.34. The summed E-state index contributed by atoms with van der Waals surface area (Å²) in [5.74, 6) is 0.946. The number of hydrogen-bond acceptors (Lipinski definition) is 3. The van der Waals surface area contributed by atoms with Gasteiger partial charge in [-0.05, 0) is 54.4 Å². The average molecular weight is 409 g/mol. The number of para-hydroxylation sites is 2. The molecule has 3 nitrogen and oxygen atoms in total. The molecule has 0 saturated carbocycles. The minimum atomic E-state index is 0.204. The largest absolute Gasteiger partial charge is 0.489 e. The fraction of sp³-hybridized carbons (Fsp3) is 0.214. The third-order valence-electron chi connectivity index (χ3n) is 6.18. The molecule has 0 spiro atoms. The Bertz CT molecular complexity index is 1180. The Labute approximate surface area is 184 Å². The van der Waals surface area contributed by atoms with E-state index < -0.39 is 0 Å². The second-order valence-electron chi connectivity index (χ2n) is 8.34. The highest BCUT2D eigenvalue weighted by molar-refractivity contribution is 5.86. The van der Waals surface area contributed by atoms with E-state index in [2.05, 4.69) is 109 Å². The van der Waals surface area contributed by atoms with Crippen molar-refractivity contribution in [3.8, 4) is 5.75 Å². The first-order chi connectivity index (χ1) is 15.2. The van der Waals surface area contributed by atoms with Gasteiger partial charge in [0.05, 0.1) is 11.7 Å². The van der Waals surface area contributed by atoms with E-state index in [1.165, 1.54) is 27.6 Å². The predicted molar refractivity (Wildman–Crippen MR) is 129 cm³/mol. The van der Waals surface area contributed by atoms with E-state index in [0.717, 1.165) is 18.0 Å². The van der Waals surface area contributed by atoms with Crippen molar-refractivity contribution in [1.29, 1.82) is 0 Å². The van der Waals surface area contributed by atoms with Crippen LogP contribution in [0.15, 0.2) is 91.0 Å². The lowest BCUT2D eigenvalue weighted by Crippen LogP contribution is -2.46. The van der Waals surface area contributed by atoms with Crippen LogP contribution in [0.2, 0.25) is 0 Å². The zero-order chi connectivity index (χ0) is 21.2. The molecule has 1 heterocycles. The molecule has 156 valence electrons. The molecule has 4 aromatic carbocycles. The fourth-order valence-electron chi connectivity index (χ4n) is 4.49. The molecule has 31 heavy (non-hydrogen) atoms. The summed E-state index contributed by atoms with van der Waals surface area (Å²) in [7, 11) is 0. The molecule has 5 rings (SSSR count). The third kappa shape index (κ3) is 3.89. The van der Waals surface area contributed by atoms with Crippen molar-refractivity contribution in [3.05, 3.63) is 102 Å². The zero-order valence-corrected chi connectivity index (χ0v) is 18.1. The van der Waals surface area contributed by atoms with Crippen LogP contribution in [0.25, 0.3) is 10.8 Å². The Morgan fingerprint density at radius 3 is 2.52 bits per heavy atom. The molecule has 1 aliphatic heterocycles. The molecule has 1 unspecified atom stereocenters. The monoisotopic (exact) mass is 408 g/mol. The second kappa shape index (κ2) is 8.44. The van der Waals surface area contributed by atoms with Crippen molar-refractivity contribution in [3.63, 3.8) is 0 Å². The standard InChI is InChI=1S/C28H28N2O/c1-20-14-16-23(17-15-20)30-24(19-31-28-13-6-5-12-27(28)30)18-29-21(2)25-11-7-9-22-8-3-4-10-26(22)25/h3-17,21,24,29H,18-19H2,1-2H3/t21-,24?/m1/s1. The first kappa shape index (κ1) is 19.7. The molecule has 0 aromatic heterocycles. The van der Waals surface area contributed by atoms with Crippen LogP contribution in [0.4, 0.5) is 11.4 Å². The lowest BCUT2D eigenvalue weighted by Gasteiger charge is -2.39. The van der Waals surface area contributed by atoms with Gasteiger partial charge in [-0.25, -0.2) is 0 Å². The third-order valence-corrected chi connectivity index (χ3v) is 6.18. The number of aryl methyl sites for hydroxylation is 1. The van der Waals surface area contributed by atoms with Crippen LogP contribution in [0.1, 0.15) is 24.1 Å². The van der Waals surface area contributed by atoms with Gasteiger partial charge in [0.1, 0.15) is 12.4 Å². The molecule has 3 heteroatoms. The summed E-state index contributed by atoms with van der Waals surface area (Å²) in [6.07, 6.45) is 0. The number of ether oxygens (including phenoxy) is 1. The van der Waals surface area contributed by atoms with E-state index in [4.69, 9.17) is 4.74 Å². The molecule has 0 aliphatic carbocycles. The topological polar surface area (TPSA) is 24.5 Å². The van der Waals surface area contributed by atoms with Gasteiger partial charge in [0, 0.05) is 18.3 Å². The van der Waals surface area contributed by atoms with Gasteiger partial charge in [-0.3, -0.25) is 0 Å². The lowest BCUT2D eigenvalue weighted by molar-refractivity contribution is 0.264. The summed E-state index contributed by atoms with van der Waals surface area (Å²) in [4.78, 5) is 2.42. The number of fused-ring (bicyclic) bond motifs is 2. The number of hydrogen-bond donors (Lipinski definition) is 1. The highest BCUT2D eigenvalue weighted by atomic mass is 16.5. The normalized spacial score (nSPS) is 16.6. The molecule has 0 fully saturated rings. The van der Waals surface area contributed by atoms with Gasteiger partial charge >= 0.3 is 0 Å². The molecule has 0 bridgehead atoms. The van der Waals surface area contributed by atoms with Crippen LogP contribution >= 0.6 is 0 Å². The minimum absolute atomic E-state index is 0.204. The van der Waals surface area contributed by atoms with E-state index in [9.17, 15) is 0 Å². The summed E-state index contributed by atoms with van der Waals surface area (Å²) in [6, 6.07) is 32.7. The lowest BCUT2D eigenvalue weighted by atomic mass is 9.99. The molecule has 0 radical (unpaired) electrons. The molecular weight excluding hydrogens is 380 g/mol. The van der Waals surface area contributed by atoms with Gasteiger partial charge in [-0.2, -0.15) is 0 Å². The van der Waals surface area contributed by atoms with Crippen LogP contribution in [0.3, 0.4) is 0 Å². The molecule has 1 N–H and O–H groups in total. The molecule has 0 amide bonds. The van der Waals surface area contributed by atoms with Crippen LogP contribution < -0.4 is 15.0 Å². The van der Waals surface area contributed by atoms with Crippen molar-refractivity contribution < 1.29 is 4.74 Å². The summed E-state index contributed by atoms with van der Waals surface area (Å²) in [6.45, 7) is 5.85. The SMILES string of the molecule is Cc1ccc(N2c3ccccc3OCC2CN[C@H](C)c2cccc3ccccc23)cc1. The summed E-state index contributed by atoms with van der Waals surface area (Å²) in [5, 5.41) is 6.37. The number of benzene rings is 4. The zero-order valence-electron chi connectivity index (χ0n) is 18.1. The van der Waals surface area contributed by atoms with Gasteiger partial charge in [0.25, 0.3) is 0 Å². The minimum Gasteiger partial charge on any atom is -0.489 e. The van der Waals surface area contributed by atoms with E-state index in [0.29, 0.717) is 6.61 Å². The van der Waals surface area contributed by atoms with Crippen LogP contribution in [-0.4, -0.2) is 19.2 Å². The van der Waals surface area contributed by atoms with Crippen molar-refractivity contribution >= 4 is 22.1 Å². The van der Waals surface area contributed by atoms with Crippen molar-refractivity contribution in [2.75, 3.05) is 18.1 Å². The Balaban J connectivity index is 1.41. The van der Waals surface area contributed by atoms with Gasteiger partial charge in [-0.1, -0.05) is 72.3 Å². The summed E-state index contributed by atoms with van der Waals surface area (Å²) < 4.78 is 6.14. The molecule has 4 aromatic rings. The van der Waals surface area contributed by atoms with Crippen LogP contribution in [-0.2, 0) is 0 Å². The Morgan fingerprint density at radius 2 is 1.65 bits per heavy atom. The molecule has 1 aliphatic rings. The van der Waals surface area contributed by atoms with E-state index >= 15 is 0 Å². The van der Waals surface area contributed by atoms with E-state index in [1.54, 1.807) is 0 Å². The molecular formula is C28H28N2O. The quantitative estimate of drug-likeness (QED) is 0.414. The first-order valence-electron chi connectivity index (χ1n) is 11.0. The summed E-state index contributed by atoms with van der Waals surface area (Å²) >= 11 is 0. The maximum Gasteiger partial charge on any atom is 0.143 e. The van der Waals surface area contributed by atoms with Crippen LogP contribution in [0, 0.1) is 6.92 Å². The van der Waals surface area contributed by atoms with Crippen LogP contribution in [0.5, 0.6) is 5.75 Å². The highest BCUT2D eigenvalue weighted by Gasteiger charge is 2.29. The Kier molecular flexibility index (Phi) is 5.35. The highest BCUT2D eigenvalue weighted by Crippen LogP contribution is 2.39. The molecule has 0 saturated heterocycles. The molecule has 2 atom stereocenters. The van der Waals surface area contributed by atoms with Gasteiger partial charge in [-0.15, -0.1) is 0 Å². The number of anilines is 2. The van der Waals surface area contributed by atoms with E-state index in [-0.39, 0.29) is 12.1 Å². The van der Waals surface area contributed by atoms with Crippen molar-refractivity contribution in [1.82, 2.24) is 5.32 Å². The van der Waals surface area contributed by atoms with E-state index in [1.807, 2.05) is 6.07 Å². The maximum atomic E-state index is 6.14. The number of rotatable bonds is 5. The van der Waals surface area contributed by atoms with Crippen molar-refractivity contribution in [2.24, 2.45) is 0 Å². The summed E-state index contributed by atoms with van der Waals surface area (Å²) in [5.41, 5.74) is 4.93. The van der Waals surface area contributed by atoms with Crippen molar-refractivity contribution in [2.45, 2.75) is 25.9 Å². The van der Waals surface area contributed by atoms with Gasteiger partial charge in [0.15, 0.2) is 0 Å². The average Bonchev–Trinajstić information content (AvgIpc) is 2.82. The predicted octanol–water partition coefficient (Wildman–Crippen LogP) is 6.40. The van der Waals surface area contributed by atoms with Gasteiger partial charge < -0.3 is 15.0 Å². The van der Waals surface area contributed by atoms with Gasteiger partial charge in [0.2, 0.25) is 0 Å². The number of nitrogens with one attached hydrogen (secondary N) is 1. The fourth-order valence-corrected chi connectivity index (χ4v) is 4.49. The maximum absolute atomic E-state index is 6.14. The first-order valence-corrected chi connectivity index (χ1v) is 11.0.